The van der Waals surface area contributed by atoms with Crippen molar-refractivity contribution in [3.05, 3.63) is 48.5 Å². The van der Waals surface area contributed by atoms with E-state index in [0.29, 0.717) is 11.3 Å². The lowest BCUT2D eigenvalue weighted by atomic mass is 10.0. The van der Waals surface area contributed by atoms with E-state index in [2.05, 4.69) is 11.9 Å². The molecule has 0 aliphatic rings. The molecule has 2 rings (SSSR count). The summed E-state index contributed by atoms with van der Waals surface area (Å²) in [6, 6.07) is 11.2. The highest BCUT2D eigenvalue weighted by Crippen LogP contribution is 2.32. The molecule has 0 aliphatic carbocycles. The minimum Gasteiger partial charge on any atom is -0.507 e. The molecular formula is C14H13NO2S. The van der Waals surface area contributed by atoms with Gasteiger partial charge in [0, 0.05) is 12.4 Å². The fourth-order valence-electron chi connectivity index (χ4n) is 1.70. The third-order valence-electron chi connectivity index (χ3n) is 2.62. The number of phenolic OH excluding ortho intramolecular Hbond substituents is 1. The summed E-state index contributed by atoms with van der Waals surface area (Å²) in [5.41, 5.74) is 0.534. The van der Waals surface area contributed by atoms with Gasteiger partial charge in [0.2, 0.25) is 0 Å². The van der Waals surface area contributed by atoms with Gasteiger partial charge < -0.3 is 15.2 Å². The van der Waals surface area contributed by atoms with Gasteiger partial charge in [-0.1, -0.05) is 36.9 Å². The zero-order chi connectivity index (χ0) is 13.1. The smallest absolute Gasteiger partial charge is 0.261 e. The van der Waals surface area contributed by atoms with E-state index in [-0.39, 0.29) is 10.9 Å². The Balaban J connectivity index is 2.43. The SMILES string of the molecule is C=C(OC(=S)NC)c1ccc2ccccc2c1O. The summed E-state index contributed by atoms with van der Waals surface area (Å²) >= 11 is 4.89. The average Bonchev–Trinajstić information content (AvgIpc) is 2.39. The van der Waals surface area contributed by atoms with Crippen LogP contribution in [0.25, 0.3) is 16.5 Å². The van der Waals surface area contributed by atoms with Gasteiger partial charge in [0.25, 0.3) is 5.17 Å². The van der Waals surface area contributed by atoms with E-state index in [1.807, 2.05) is 30.3 Å². The number of hydrogen-bond donors (Lipinski definition) is 2. The number of benzene rings is 2. The van der Waals surface area contributed by atoms with Crippen molar-refractivity contribution in [3.63, 3.8) is 0 Å². The molecule has 18 heavy (non-hydrogen) atoms. The molecule has 0 amide bonds. The van der Waals surface area contributed by atoms with Gasteiger partial charge in [0.1, 0.15) is 11.5 Å². The molecule has 2 aromatic carbocycles. The minimum atomic E-state index is 0.150. The molecule has 4 heteroatoms. The van der Waals surface area contributed by atoms with E-state index in [4.69, 9.17) is 17.0 Å². The number of thiocarbonyl (C=S) groups is 1. The minimum absolute atomic E-state index is 0.150. The molecule has 0 radical (unpaired) electrons. The first-order valence-electron chi connectivity index (χ1n) is 5.43. The van der Waals surface area contributed by atoms with Crippen molar-refractivity contribution in [2.45, 2.75) is 0 Å². The first-order valence-corrected chi connectivity index (χ1v) is 5.84. The van der Waals surface area contributed by atoms with Crippen LogP contribution in [0.4, 0.5) is 0 Å². The summed E-state index contributed by atoms with van der Waals surface area (Å²) in [5, 5.41) is 14.8. The second-order valence-corrected chi connectivity index (χ2v) is 4.12. The van der Waals surface area contributed by atoms with Crippen LogP contribution in [0, 0.1) is 0 Å². The van der Waals surface area contributed by atoms with Gasteiger partial charge in [-0.3, -0.25) is 0 Å². The first kappa shape index (κ1) is 12.4. The predicted octanol–water partition coefficient (Wildman–Crippen LogP) is 3.04. The number of aromatic hydroxyl groups is 1. The van der Waals surface area contributed by atoms with Crippen LogP contribution >= 0.6 is 12.2 Å². The summed E-state index contributed by atoms with van der Waals surface area (Å²) in [7, 11) is 1.66. The van der Waals surface area contributed by atoms with Gasteiger partial charge in [0.05, 0.1) is 5.56 Å². The van der Waals surface area contributed by atoms with E-state index in [1.54, 1.807) is 13.1 Å². The van der Waals surface area contributed by atoms with Crippen LogP contribution in [0.15, 0.2) is 43.0 Å². The number of hydrogen-bond acceptors (Lipinski definition) is 3. The Kier molecular flexibility index (Phi) is 3.48. The number of nitrogens with one attached hydrogen (secondary N) is 1. The lowest BCUT2D eigenvalue weighted by Crippen LogP contribution is -2.17. The van der Waals surface area contributed by atoms with Gasteiger partial charge in [-0.2, -0.15) is 0 Å². The third kappa shape index (κ3) is 2.28. The van der Waals surface area contributed by atoms with Crippen molar-refractivity contribution in [1.29, 1.82) is 0 Å². The highest BCUT2D eigenvalue weighted by molar-refractivity contribution is 7.80. The van der Waals surface area contributed by atoms with Crippen LogP contribution in [0.2, 0.25) is 0 Å². The average molecular weight is 259 g/mol. The largest absolute Gasteiger partial charge is 0.507 e. The quantitative estimate of drug-likeness (QED) is 0.642. The number of rotatable bonds is 2. The van der Waals surface area contributed by atoms with E-state index in [1.165, 1.54) is 0 Å². The Morgan fingerprint density at radius 2 is 2.00 bits per heavy atom. The van der Waals surface area contributed by atoms with Crippen molar-refractivity contribution in [2.75, 3.05) is 7.05 Å². The Morgan fingerprint density at radius 3 is 2.72 bits per heavy atom. The predicted molar refractivity (Wildman–Crippen MR) is 77.4 cm³/mol. The number of ether oxygens (including phenoxy) is 1. The molecule has 0 heterocycles. The van der Waals surface area contributed by atoms with Crippen molar-refractivity contribution < 1.29 is 9.84 Å². The van der Waals surface area contributed by atoms with Crippen molar-refractivity contribution in [1.82, 2.24) is 5.32 Å². The second-order valence-electron chi connectivity index (χ2n) is 3.75. The molecule has 0 fully saturated rings. The number of phenols is 1. The monoisotopic (exact) mass is 259 g/mol. The summed E-state index contributed by atoms with van der Waals surface area (Å²) in [4.78, 5) is 0. The summed E-state index contributed by atoms with van der Waals surface area (Å²) in [6.45, 7) is 3.77. The van der Waals surface area contributed by atoms with Crippen molar-refractivity contribution >= 4 is 33.9 Å². The van der Waals surface area contributed by atoms with Crippen LogP contribution < -0.4 is 5.32 Å². The summed E-state index contributed by atoms with van der Waals surface area (Å²) in [6.07, 6.45) is 0. The zero-order valence-corrected chi connectivity index (χ0v) is 10.8. The maximum Gasteiger partial charge on any atom is 0.261 e. The van der Waals surface area contributed by atoms with Crippen LogP contribution in [0.3, 0.4) is 0 Å². The fourth-order valence-corrected chi connectivity index (χ4v) is 1.80. The zero-order valence-electron chi connectivity index (χ0n) is 9.93. The Labute approximate surface area is 111 Å². The molecule has 0 spiro atoms. The van der Waals surface area contributed by atoms with Gasteiger partial charge in [-0.15, -0.1) is 0 Å². The molecular weight excluding hydrogens is 246 g/mol. The van der Waals surface area contributed by atoms with E-state index >= 15 is 0 Å². The fraction of sp³-hybridized carbons (Fsp3) is 0.0714. The molecule has 0 unspecified atom stereocenters. The highest BCUT2D eigenvalue weighted by Gasteiger charge is 2.11. The molecule has 92 valence electrons. The van der Waals surface area contributed by atoms with E-state index in [9.17, 15) is 5.11 Å². The van der Waals surface area contributed by atoms with Gasteiger partial charge in [-0.25, -0.2) is 0 Å². The van der Waals surface area contributed by atoms with E-state index < -0.39 is 0 Å². The van der Waals surface area contributed by atoms with Crippen LogP contribution in [-0.2, 0) is 4.74 Å². The van der Waals surface area contributed by atoms with Crippen LogP contribution in [-0.4, -0.2) is 17.3 Å². The van der Waals surface area contributed by atoms with Crippen LogP contribution in [0.5, 0.6) is 5.75 Å². The number of fused-ring (bicyclic) bond motifs is 1. The molecule has 0 bridgehead atoms. The normalized spacial score (nSPS) is 10.1. The Bertz CT molecular complexity index is 622. The standard InChI is InChI=1S/C14H13NO2S/c1-9(17-14(18)15-2)11-8-7-10-5-3-4-6-12(10)13(11)16/h3-8,16H,1H2,2H3,(H,15,18). The Hall–Kier alpha value is -2.07. The second kappa shape index (κ2) is 5.06. The summed E-state index contributed by atoms with van der Waals surface area (Å²) in [5.74, 6) is 0.467. The first-order chi connectivity index (χ1) is 8.63. The maximum absolute atomic E-state index is 10.2. The van der Waals surface area contributed by atoms with Gasteiger partial charge in [-0.05, 0) is 23.7 Å². The molecule has 0 aromatic heterocycles. The molecule has 0 saturated heterocycles. The third-order valence-corrected chi connectivity index (χ3v) is 2.91. The molecule has 3 nitrogen and oxygen atoms in total. The van der Waals surface area contributed by atoms with Gasteiger partial charge >= 0.3 is 0 Å². The van der Waals surface area contributed by atoms with Gasteiger partial charge in [0.15, 0.2) is 0 Å². The Morgan fingerprint density at radius 1 is 1.28 bits per heavy atom. The molecule has 2 aromatic rings. The molecule has 0 saturated carbocycles. The van der Waals surface area contributed by atoms with Crippen molar-refractivity contribution in [3.8, 4) is 5.75 Å². The highest BCUT2D eigenvalue weighted by atomic mass is 32.1. The lowest BCUT2D eigenvalue weighted by molar-refractivity contribution is 0.464. The lowest BCUT2D eigenvalue weighted by Gasteiger charge is -2.12. The van der Waals surface area contributed by atoms with E-state index in [0.717, 1.165) is 10.8 Å². The summed E-state index contributed by atoms with van der Waals surface area (Å²) < 4.78 is 5.28. The maximum atomic E-state index is 10.2. The molecule has 2 N–H and O–H groups in total. The molecule has 0 atom stereocenters. The topological polar surface area (TPSA) is 41.5 Å². The van der Waals surface area contributed by atoms with Crippen LogP contribution in [0.1, 0.15) is 5.56 Å². The molecule has 0 aliphatic heterocycles. The van der Waals surface area contributed by atoms with Crippen molar-refractivity contribution in [2.24, 2.45) is 0 Å².